The van der Waals surface area contributed by atoms with Gasteiger partial charge in [-0.05, 0) is 13.3 Å². The molecule has 0 spiro atoms. The number of imidazole rings is 1. The van der Waals surface area contributed by atoms with Crippen molar-refractivity contribution in [3.8, 4) is 0 Å². The number of hydrogen-bond donors (Lipinski definition) is 1. The van der Waals surface area contributed by atoms with E-state index in [0.29, 0.717) is 0 Å². The van der Waals surface area contributed by atoms with Crippen molar-refractivity contribution in [2.24, 2.45) is 0 Å². The molecule has 0 radical (unpaired) electrons. The van der Waals surface area contributed by atoms with E-state index in [4.69, 9.17) is 0 Å². The van der Waals surface area contributed by atoms with Crippen molar-refractivity contribution in [3.05, 3.63) is 18.2 Å². The first-order valence-corrected chi connectivity index (χ1v) is 5.44. The highest BCUT2D eigenvalue weighted by atomic mass is 15.0. The van der Waals surface area contributed by atoms with Crippen molar-refractivity contribution < 1.29 is 4.57 Å². The van der Waals surface area contributed by atoms with Crippen LogP contribution in [-0.4, -0.2) is 4.98 Å². The van der Waals surface area contributed by atoms with Crippen LogP contribution in [0.1, 0.15) is 45.4 Å². The van der Waals surface area contributed by atoms with Crippen LogP contribution in [0.5, 0.6) is 0 Å². The summed E-state index contributed by atoms with van der Waals surface area (Å²) < 4.78 is 2.28. The molecule has 1 aromatic heterocycles. The third kappa shape index (κ3) is 3.21. The summed E-state index contributed by atoms with van der Waals surface area (Å²) in [5, 5.41) is 0. The van der Waals surface area contributed by atoms with Gasteiger partial charge in [0.25, 0.3) is 5.82 Å². The van der Waals surface area contributed by atoms with Crippen LogP contribution in [0.4, 0.5) is 0 Å². The van der Waals surface area contributed by atoms with Crippen LogP contribution < -0.4 is 4.57 Å². The topological polar surface area (TPSA) is 19.7 Å². The molecule has 0 aromatic carbocycles. The fraction of sp³-hybridized carbons (Fsp3) is 0.727. The van der Waals surface area contributed by atoms with E-state index in [0.717, 1.165) is 6.54 Å². The quantitative estimate of drug-likeness (QED) is 0.514. The fourth-order valence-electron chi connectivity index (χ4n) is 1.63. The van der Waals surface area contributed by atoms with Gasteiger partial charge in [-0.1, -0.05) is 26.2 Å². The highest BCUT2D eigenvalue weighted by Gasteiger charge is 2.06. The minimum atomic E-state index is 1.08. The largest absolute Gasteiger partial charge is 0.254 e. The maximum Gasteiger partial charge on any atom is 0.254 e. The van der Waals surface area contributed by atoms with Gasteiger partial charge in [0.2, 0.25) is 0 Å². The average molecular weight is 181 g/mol. The molecule has 0 saturated carbocycles. The first kappa shape index (κ1) is 10.3. The van der Waals surface area contributed by atoms with Crippen molar-refractivity contribution in [3.63, 3.8) is 0 Å². The number of aryl methyl sites for hydroxylation is 2. The van der Waals surface area contributed by atoms with E-state index in [1.54, 1.807) is 0 Å². The molecule has 2 heteroatoms. The van der Waals surface area contributed by atoms with Crippen LogP contribution in [0.25, 0.3) is 0 Å². The summed E-state index contributed by atoms with van der Waals surface area (Å²) in [6, 6.07) is 0. The van der Waals surface area contributed by atoms with Crippen molar-refractivity contribution >= 4 is 0 Å². The monoisotopic (exact) mass is 181 g/mol. The van der Waals surface area contributed by atoms with E-state index in [1.165, 1.54) is 37.9 Å². The van der Waals surface area contributed by atoms with E-state index in [-0.39, 0.29) is 0 Å². The molecule has 0 amide bonds. The summed E-state index contributed by atoms with van der Waals surface area (Å²) in [5.74, 6) is 1.37. The van der Waals surface area contributed by atoms with Gasteiger partial charge in [0.15, 0.2) is 0 Å². The second-order valence-corrected chi connectivity index (χ2v) is 3.50. The Bertz CT molecular complexity index is 228. The van der Waals surface area contributed by atoms with Gasteiger partial charge in [-0.15, -0.1) is 0 Å². The van der Waals surface area contributed by atoms with Crippen LogP contribution in [-0.2, 0) is 13.0 Å². The SMILES string of the molecule is CCCCCCc1[nH]cc[n+]1CC. The number of hydrogen-bond acceptors (Lipinski definition) is 0. The van der Waals surface area contributed by atoms with E-state index in [1.807, 2.05) is 6.20 Å². The van der Waals surface area contributed by atoms with Gasteiger partial charge in [0.1, 0.15) is 12.4 Å². The van der Waals surface area contributed by atoms with Gasteiger partial charge >= 0.3 is 0 Å². The summed E-state index contributed by atoms with van der Waals surface area (Å²) in [7, 11) is 0. The molecule has 0 bridgehead atoms. The molecular formula is C11H21N2+. The van der Waals surface area contributed by atoms with Crippen molar-refractivity contribution in [2.45, 2.75) is 52.5 Å². The molecule has 1 heterocycles. The highest BCUT2D eigenvalue weighted by molar-refractivity contribution is 4.77. The number of aromatic amines is 1. The molecule has 0 unspecified atom stereocenters. The summed E-state index contributed by atoms with van der Waals surface area (Å²) in [6.45, 7) is 5.51. The number of nitrogens with zero attached hydrogens (tertiary/aromatic N) is 1. The van der Waals surface area contributed by atoms with Crippen LogP contribution in [0.2, 0.25) is 0 Å². The molecule has 13 heavy (non-hydrogen) atoms. The molecule has 1 rings (SSSR count). The van der Waals surface area contributed by atoms with Crippen LogP contribution in [0.3, 0.4) is 0 Å². The van der Waals surface area contributed by atoms with Gasteiger partial charge in [-0.25, -0.2) is 9.55 Å². The Morgan fingerprint density at radius 3 is 2.77 bits per heavy atom. The smallest absolute Gasteiger partial charge is 0.248 e. The second kappa shape index (κ2) is 5.79. The van der Waals surface area contributed by atoms with Gasteiger partial charge in [0.05, 0.1) is 6.54 Å². The zero-order valence-electron chi connectivity index (χ0n) is 8.84. The number of rotatable bonds is 6. The number of H-pyrrole nitrogens is 1. The van der Waals surface area contributed by atoms with E-state index in [2.05, 4.69) is 29.6 Å². The summed E-state index contributed by atoms with van der Waals surface area (Å²) in [5.41, 5.74) is 0. The zero-order valence-corrected chi connectivity index (χ0v) is 8.84. The van der Waals surface area contributed by atoms with Crippen LogP contribution in [0.15, 0.2) is 12.4 Å². The van der Waals surface area contributed by atoms with Gasteiger partial charge in [0, 0.05) is 6.42 Å². The number of nitrogens with one attached hydrogen (secondary N) is 1. The van der Waals surface area contributed by atoms with E-state index < -0.39 is 0 Å². The Morgan fingerprint density at radius 2 is 2.08 bits per heavy atom. The maximum absolute atomic E-state index is 3.30. The van der Waals surface area contributed by atoms with Gasteiger partial charge < -0.3 is 0 Å². The van der Waals surface area contributed by atoms with Crippen LogP contribution in [0, 0.1) is 0 Å². The maximum atomic E-state index is 3.30. The lowest BCUT2D eigenvalue weighted by Crippen LogP contribution is -2.34. The predicted octanol–water partition coefficient (Wildman–Crippen LogP) is 2.44. The molecule has 1 aromatic rings. The highest BCUT2D eigenvalue weighted by Crippen LogP contribution is 2.02. The minimum absolute atomic E-state index is 1.08. The standard InChI is InChI=1S/C11H20N2/c1-3-5-6-7-8-11-12-9-10-13(11)4-2/h9-10H,3-8H2,1-2H3/p+1. The average Bonchev–Trinajstić information content (AvgIpc) is 2.60. The van der Waals surface area contributed by atoms with Crippen molar-refractivity contribution in [1.82, 2.24) is 4.98 Å². The lowest BCUT2D eigenvalue weighted by molar-refractivity contribution is -0.699. The van der Waals surface area contributed by atoms with Gasteiger partial charge in [-0.2, -0.15) is 0 Å². The summed E-state index contributed by atoms with van der Waals surface area (Å²) >= 11 is 0. The lowest BCUT2D eigenvalue weighted by atomic mass is 10.1. The molecular weight excluding hydrogens is 160 g/mol. The molecule has 0 saturated heterocycles. The molecule has 0 aliphatic heterocycles. The Kier molecular flexibility index (Phi) is 4.58. The molecule has 74 valence electrons. The van der Waals surface area contributed by atoms with Gasteiger partial charge in [-0.3, -0.25) is 0 Å². The van der Waals surface area contributed by atoms with E-state index in [9.17, 15) is 0 Å². The number of aromatic nitrogens is 2. The third-order valence-electron chi connectivity index (χ3n) is 2.46. The summed E-state index contributed by atoms with van der Waals surface area (Å²) in [4.78, 5) is 3.30. The zero-order chi connectivity index (χ0) is 9.52. The molecule has 0 aliphatic carbocycles. The molecule has 1 N–H and O–H groups in total. The first-order valence-electron chi connectivity index (χ1n) is 5.44. The fourth-order valence-corrected chi connectivity index (χ4v) is 1.63. The van der Waals surface area contributed by atoms with Crippen LogP contribution >= 0.6 is 0 Å². The Balaban J connectivity index is 2.27. The molecule has 0 atom stereocenters. The minimum Gasteiger partial charge on any atom is -0.248 e. The van der Waals surface area contributed by atoms with Crippen molar-refractivity contribution in [2.75, 3.05) is 0 Å². The lowest BCUT2D eigenvalue weighted by Gasteiger charge is -1.97. The number of unbranched alkanes of at least 4 members (excludes halogenated alkanes) is 3. The third-order valence-corrected chi connectivity index (χ3v) is 2.46. The second-order valence-electron chi connectivity index (χ2n) is 3.50. The Labute approximate surface area is 81.0 Å². The molecule has 2 nitrogen and oxygen atoms in total. The Hall–Kier alpha value is -0.790. The molecule has 0 aliphatic rings. The molecule has 0 fully saturated rings. The summed E-state index contributed by atoms with van der Waals surface area (Å²) in [6.07, 6.45) is 10.7. The van der Waals surface area contributed by atoms with E-state index >= 15 is 0 Å². The first-order chi connectivity index (χ1) is 6.38. The van der Waals surface area contributed by atoms with Crippen molar-refractivity contribution in [1.29, 1.82) is 0 Å². The predicted molar refractivity (Wildman–Crippen MR) is 54.5 cm³/mol. The normalized spacial score (nSPS) is 10.6. The Morgan fingerprint density at radius 1 is 1.23 bits per heavy atom.